The van der Waals surface area contributed by atoms with E-state index < -0.39 is 5.97 Å². The number of para-hydroxylation sites is 1. The van der Waals surface area contributed by atoms with Crippen molar-refractivity contribution in [3.05, 3.63) is 29.8 Å². The Kier molecular flexibility index (Phi) is 3.19. The van der Waals surface area contributed by atoms with Gasteiger partial charge in [-0.3, -0.25) is 9.69 Å². The fraction of sp³-hybridized carbons (Fsp3) is 0.533. The Morgan fingerprint density at radius 2 is 2.26 bits per heavy atom. The lowest BCUT2D eigenvalue weighted by molar-refractivity contribution is -0.143. The van der Waals surface area contributed by atoms with E-state index >= 15 is 0 Å². The van der Waals surface area contributed by atoms with Crippen LogP contribution in [0.25, 0.3) is 0 Å². The SMILES string of the molecule is CC1CCN(CC2COc3ccccc32)C1C(=O)O. The molecule has 2 aliphatic heterocycles. The van der Waals surface area contributed by atoms with Gasteiger partial charge in [-0.2, -0.15) is 0 Å². The highest BCUT2D eigenvalue weighted by atomic mass is 16.5. The third-order valence-electron chi connectivity index (χ3n) is 4.31. The molecule has 4 heteroatoms. The topological polar surface area (TPSA) is 49.8 Å². The molecular weight excluding hydrogens is 242 g/mol. The summed E-state index contributed by atoms with van der Waals surface area (Å²) in [6.45, 7) is 4.34. The first-order chi connectivity index (χ1) is 9.16. The molecular formula is C15H19NO3. The molecule has 0 radical (unpaired) electrons. The predicted molar refractivity (Wildman–Crippen MR) is 71.5 cm³/mol. The van der Waals surface area contributed by atoms with Crippen LogP contribution in [0, 0.1) is 5.92 Å². The minimum atomic E-state index is -0.697. The first-order valence-corrected chi connectivity index (χ1v) is 6.85. The number of carbonyl (C=O) groups is 1. The molecule has 1 aromatic carbocycles. The number of carboxylic acids is 1. The lowest BCUT2D eigenvalue weighted by Gasteiger charge is -2.25. The van der Waals surface area contributed by atoms with Crippen molar-refractivity contribution in [1.29, 1.82) is 0 Å². The van der Waals surface area contributed by atoms with Crippen LogP contribution >= 0.6 is 0 Å². The molecule has 1 N–H and O–H groups in total. The molecule has 0 spiro atoms. The van der Waals surface area contributed by atoms with Crippen LogP contribution in [-0.2, 0) is 4.79 Å². The van der Waals surface area contributed by atoms with Crippen molar-refractivity contribution in [1.82, 2.24) is 4.90 Å². The zero-order chi connectivity index (χ0) is 13.4. The fourth-order valence-corrected chi connectivity index (χ4v) is 3.29. The average Bonchev–Trinajstić information content (AvgIpc) is 2.95. The summed E-state index contributed by atoms with van der Waals surface area (Å²) < 4.78 is 5.67. The van der Waals surface area contributed by atoms with Crippen LogP contribution in [0.2, 0.25) is 0 Å². The molecule has 0 aromatic heterocycles. The molecule has 2 aliphatic rings. The summed E-state index contributed by atoms with van der Waals surface area (Å²) in [5, 5.41) is 9.35. The summed E-state index contributed by atoms with van der Waals surface area (Å²) >= 11 is 0. The maximum Gasteiger partial charge on any atom is 0.321 e. The second-order valence-electron chi connectivity index (χ2n) is 5.59. The van der Waals surface area contributed by atoms with Crippen molar-refractivity contribution in [2.45, 2.75) is 25.3 Å². The van der Waals surface area contributed by atoms with Crippen LogP contribution in [0.4, 0.5) is 0 Å². The fourth-order valence-electron chi connectivity index (χ4n) is 3.29. The molecule has 1 aromatic rings. The summed E-state index contributed by atoms with van der Waals surface area (Å²) in [6, 6.07) is 7.72. The molecule has 102 valence electrons. The Morgan fingerprint density at radius 3 is 3.05 bits per heavy atom. The van der Waals surface area contributed by atoms with E-state index in [9.17, 15) is 9.90 Å². The smallest absolute Gasteiger partial charge is 0.321 e. The Hall–Kier alpha value is -1.55. The molecule has 0 bridgehead atoms. The van der Waals surface area contributed by atoms with E-state index in [0.29, 0.717) is 12.5 Å². The number of nitrogens with zero attached hydrogens (tertiary/aromatic N) is 1. The minimum absolute atomic E-state index is 0.232. The molecule has 3 unspecified atom stereocenters. The van der Waals surface area contributed by atoms with Gasteiger partial charge in [0.2, 0.25) is 0 Å². The summed E-state index contributed by atoms with van der Waals surface area (Å²) in [6.07, 6.45) is 0.964. The first kappa shape index (κ1) is 12.5. The van der Waals surface area contributed by atoms with Gasteiger partial charge in [0.05, 0.1) is 6.61 Å². The summed E-state index contributed by atoms with van der Waals surface area (Å²) in [5.74, 6) is 0.780. The highest BCUT2D eigenvalue weighted by Gasteiger charge is 2.38. The van der Waals surface area contributed by atoms with E-state index in [2.05, 4.69) is 11.0 Å². The van der Waals surface area contributed by atoms with Gasteiger partial charge in [0.15, 0.2) is 0 Å². The Morgan fingerprint density at radius 1 is 1.47 bits per heavy atom. The van der Waals surface area contributed by atoms with Gasteiger partial charge in [-0.05, 0) is 24.9 Å². The average molecular weight is 261 g/mol. The molecule has 1 saturated heterocycles. The van der Waals surface area contributed by atoms with Gasteiger partial charge < -0.3 is 9.84 Å². The molecule has 0 amide bonds. The van der Waals surface area contributed by atoms with E-state index in [1.54, 1.807) is 0 Å². The zero-order valence-corrected chi connectivity index (χ0v) is 11.1. The molecule has 3 atom stereocenters. The molecule has 3 rings (SSSR count). The van der Waals surface area contributed by atoms with Crippen molar-refractivity contribution in [2.24, 2.45) is 5.92 Å². The van der Waals surface area contributed by atoms with Crippen molar-refractivity contribution in [3.8, 4) is 5.75 Å². The standard InChI is InChI=1S/C15H19NO3/c1-10-6-7-16(14(10)15(17)18)8-11-9-19-13-5-3-2-4-12(11)13/h2-5,10-11,14H,6-9H2,1H3,(H,17,18). The quantitative estimate of drug-likeness (QED) is 0.903. The highest BCUT2D eigenvalue weighted by molar-refractivity contribution is 5.74. The number of fused-ring (bicyclic) bond motifs is 1. The lowest BCUT2D eigenvalue weighted by Crippen LogP contribution is -2.41. The number of rotatable bonds is 3. The lowest BCUT2D eigenvalue weighted by atomic mass is 9.99. The number of hydrogen-bond donors (Lipinski definition) is 1. The zero-order valence-electron chi connectivity index (χ0n) is 11.1. The maximum atomic E-state index is 11.4. The number of carboxylic acid groups (broad SMARTS) is 1. The third-order valence-corrected chi connectivity index (χ3v) is 4.31. The second kappa shape index (κ2) is 4.85. The van der Waals surface area contributed by atoms with Gasteiger partial charge in [-0.25, -0.2) is 0 Å². The number of hydrogen-bond acceptors (Lipinski definition) is 3. The number of benzene rings is 1. The van der Waals surface area contributed by atoms with Crippen LogP contribution in [0.1, 0.15) is 24.8 Å². The number of aliphatic carboxylic acids is 1. The van der Waals surface area contributed by atoms with E-state index in [0.717, 1.165) is 25.3 Å². The number of ether oxygens (including phenoxy) is 1. The molecule has 0 saturated carbocycles. The Labute approximate surface area is 113 Å². The van der Waals surface area contributed by atoms with E-state index in [1.165, 1.54) is 5.56 Å². The van der Waals surface area contributed by atoms with Gasteiger partial charge in [0.1, 0.15) is 11.8 Å². The van der Waals surface area contributed by atoms with Crippen molar-refractivity contribution in [3.63, 3.8) is 0 Å². The Bertz CT molecular complexity index is 488. The van der Waals surface area contributed by atoms with Crippen molar-refractivity contribution < 1.29 is 14.6 Å². The first-order valence-electron chi connectivity index (χ1n) is 6.85. The van der Waals surface area contributed by atoms with Crippen molar-refractivity contribution in [2.75, 3.05) is 19.7 Å². The van der Waals surface area contributed by atoms with Gasteiger partial charge >= 0.3 is 5.97 Å². The molecule has 19 heavy (non-hydrogen) atoms. The monoisotopic (exact) mass is 261 g/mol. The maximum absolute atomic E-state index is 11.4. The van der Waals surface area contributed by atoms with Gasteiger partial charge in [0.25, 0.3) is 0 Å². The minimum Gasteiger partial charge on any atom is -0.493 e. The predicted octanol–water partition coefficient (Wildman–Crippen LogP) is 1.96. The summed E-state index contributed by atoms with van der Waals surface area (Å²) in [5.41, 5.74) is 1.21. The van der Waals surface area contributed by atoms with Crippen LogP contribution in [0.5, 0.6) is 5.75 Å². The van der Waals surface area contributed by atoms with E-state index in [-0.39, 0.29) is 12.0 Å². The second-order valence-corrected chi connectivity index (χ2v) is 5.59. The van der Waals surface area contributed by atoms with Crippen LogP contribution in [0.3, 0.4) is 0 Å². The van der Waals surface area contributed by atoms with Crippen LogP contribution in [-0.4, -0.2) is 41.7 Å². The molecule has 1 fully saturated rings. The number of likely N-dealkylation sites (tertiary alicyclic amines) is 1. The normalized spacial score (nSPS) is 30.1. The molecule has 4 nitrogen and oxygen atoms in total. The highest BCUT2D eigenvalue weighted by Crippen LogP contribution is 2.36. The Balaban J connectivity index is 1.74. The summed E-state index contributed by atoms with van der Waals surface area (Å²) in [7, 11) is 0. The van der Waals surface area contributed by atoms with Gasteiger partial charge in [0, 0.05) is 18.0 Å². The van der Waals surface area contributed by atoms with E-state index in [4.69, 9.17) is 4.74 Å². The largest absolute Gasteiger partial charge is 0.493 e. The van der Waals surface area contributed by atoms with E-state index in [1.807, 2.05) is 25.1 Å². The van der Waals surface area contributed by atoms with Gasteiger partial charge in [-0.1, -0.05) is 25.1 Å². The van der Waals surface area contributed by atoms with Crippen LogP contribution < -0.4 is 4.74 Å². The third kappa shape index (κ3) is 2.21. The summed E-state index contributed by atoms with van der Waals surface area (Å²) in [4.78, 5) is 13.5. The molecule has 0 aliphatic carbocycles. The molecule has 2 heterocycles. The van der Waals surface area contributed by atoms with Crippen molar-refractivity contribution >= 4 is 5.97 Å². The van der Waals surface area contributed by atoms with Gasteiger partial charge in [-0.15, -0.1) is 0 Å². The van der Waals surface area contributed by atoms with Crippen LogP contribution in [0.15, 0.2) is 24.3 Å².